The van der Waals surface area contributed by atoms with E-state index >= 15 is 0 Å². The summed E-state index contributed by atoms with van der Waals surface area (Å²) in [5.74, 6) is 0.828. The van der Waals surface area contributed by atoms with Gasteiger partial charge in [-0.2, -0.15) is 0 Å². The van der Waals surface area contributed by atoms with Gasteiger partial charge < -0.3 is 9.84 Å². The number of benzene rings is 2. The van der Waals surface area contributed by atoms with Crippen LogP contribution in [-0.2, 0) is 0 Å². The van der Waals surface area contributed by atoms with Crippen LogP contribution < -0.4 is 4.74 Å². The van der Waals surface area contributed by atoms with Crippen LogP contribution in [0.1, 0.15) is 26.2 Å². The summed E-state index contributed by atoms with van der Waals surface area (Å²) in [7, 11) is 0. The Hall–Kier alpha value is -1.84. The number of hydrogen-bond donors (Lipinski definition) is 1. The number of likely N-dealkylation sites (tertiary alicyclic amines) is 1. The van der Waals surface area contributed by atoms with Crippen molar-refractivity contribution in [3.63, 3.8) is 0 Å². The van der Waals surface area contributed by atoms with E-state index in [1.54, 1.807) is 0 Å². The van der Waals surface area contributed by atoms with Crippen molar-refractivity contribution in [2.45, 2.75) is 38.3 Å². The molecule has 1 aliphatic heterocycles. The van der Waals surface area contributed by atoms with Gasteiger partial charge in [0.2, 0.25) is 0 Å². The number of aliphatic hydroxyl groups excluding tert-OH is 1. The maximum absolute atomic E-state index is 10.4. The molecule has 1 saturated heterocycles. The van der Waals surface area contributed by atoms with Crippen LogP contribution in [0.2, 0.25) is 0 Å². The third-order valence-electron chi connectivity index (χ3n) is 4.79. The summed E-state index contributed by atoms with van der Waals surface area (Å²) < 4.78 is 5.95. The Morgan fingerprint density at radius 1 is 1.08 bits per heavy atom. The van der Waals surface area contributed by atoms with Gasteiger partial charge >= 0.3 is 0 Å². The zero-order chi connectivity index (χ0) is 16.8. The highest BCUT2D eigenvalue weighted by molar-refractivity contribution is 5.70. The van der Waals surface area contributed by atoms with Crippen LogP contribution in [0, 0.1) is 0 Å². The number of hydrogen-bond acceptors (Lipinski definition) is 3. The first kappa shape index (κ1) is 17.0. The topological polar surface area (TPSA) is 32.7 Å². The quantitative estimate of drug-likeness (QED) is 0.872. The number of ether oxygens (including phenoxy) is 1. The predicted molar refractivity (Wildman–Crippen MR) is 98.3 cm³/mol. The molecule has 0 radical (unpaired) electrons. The Balaban J connectivity index is 1.60. The molecular formula is C21H27NO2. The van der Waals surface area contributed by atoms with Crippen molar-refractivity contribution in [3.8, 4) is 16.9 Å². The van der Waals surface area contributed by atoms with Crippen LogP contribution in [0.4, 0.5) is 0 Å². The zero-order valence-corrected chi connectivity index (χ0v) is 14.4. The minimum Gasteiger partial charge on any atom is -0.490 e. The molecule has 2 atom stereocenters. The number of para-hydroxylation sites is 1. The smallest absolute Gasteiger partial charge is 0.127 e. The number of β-amino-alcohol motifs (C(OH)–C–C–N with tert-alkyl or cyclic N) is 1. The van der Waals surface area contributed by atoms with Crippen LogP contribution in [0.5, 0.6) is 5.75 Å². The fourth-order valence-corrected chi connectivity index (χ4v) is 3.39. The summed E-state index contributed by atoms with van der Waals surface area (Å²) in [4.78, 5) is 2.38. The van der Waals surface area contributed by atoms with Crippen molar-refractivity contribution in [1.82, 2.24) is 4.90 Å². The van der Waals surface area contributed by atoms with Gasteiger partial charge in [-0.3, -0.25) is 4.90 Å². The Morgan fingerprint density at radius 3 is 2.62 bits per heavy atom. The van der Waals surface area contributed by atoms with Crippen molar-refractivity contribution in [1.29, 1.82) is 0 Å². The Labute approximate surface area is 144 Å². The van der Waals surface area contributed by atoms with E-state index in [4.69, 9.17) is 4.74 Å². The Bertz CT molecular complexity index is 629. The van der Waals surface area contributed by atoms with E-state index in [1.807, 2.05) is 36.4 Å². The van der Waals surface area contributed by atoms with Crippen LogP contribution >= 0.6 is 0 Å². The lowest BCUT2D eigenvalue weighted by atomic mass is 10.0. The first-order chi connectivity index (χ1) is 11.7. The normalized spacial score (nSPS) is 19.8. The van der Waals surface area contributed by atoms with E-state index in [0.717, 1.165) is 23.4 Å². The molecular weight excluding hydrogens is 298 g/mol. The molecule has 1 fully saturated rings. The molecule has 2 aromatic rings. The molecule has 128 valence electrons. The van der Waals surface area contributed by atoms with E-state index in [0.29, 0.717) is 19.2 Å². The fraction of sp³-hybridized carbons (Fsp3) is 0.429. The molecule has 0 bridgehead atoms. The Kier molecular flexibility index (Phi) is 5.89. The second-order valence-electron chi connectivity index (χ2n) is 6.67. The number of piperidine rings is 1. The molecule has 0 amide bonds. The average Bonchev–Trinajstić information content (AvgIpc) is 2.63. The lowest BCUT2D eigenvalue weighted by Crippen LogP contribution is -2.43. The van der Waals surface area contributed by atoms with Gasteiger partial charge in [0, 0.05) is 18.2 Å². The van der Waals surface area contributed by atoms with Gasteiger partial charge in [-0.05, 0) is 37.9 Å². The van der Waals surface area contributed by atoms with Crippen molar-refractivity contribution < 1.29 is 9.84 Å². The summed E-state index contributed by atoms with van der Waals surface area (Å²) in [6.07, 6.45) is 3.29. The second-order valence-corrected chi connectivity index (χ2v) is 6.67. The molecule has 0 aliphatic carbocycles. The van der Waals surface area contributed by atoms with Crippen molar-refractivity contribution in [2.75, 3.05) is 19.7 Å². The lowest BCUT2D eigenvalue weighted by molar-refractivity contribution is 0.0439. The molecule has 24 heavy (non-hydrogen) atoms. The third kappa shape index (κ3) is 4.37. The lowest BCUT2D eigenvalue weighted by Gasteiger charge is -2.34. The summed E-state index contributed by atoms with van der Waals surface area (Å²) in [6, 6.07) is 18.8. The first-order valence-corrected chi connectivity index (χ1v) is 8.93. The van der Waals surface area contributed by atoms with Gasteiger partial charge in [-0.1, -0.05) is 55.0 Å². The van der Waals surface area contributed by atoms with E-state index in [2.05, 4.69) is 30.0 Å². The summed E-state index contributed by atoms with van der Waals surface area (Å²) in [5.41, 5.74) is 2.20. The summed E-state index contributed by atoms with van der Waals surface area (Å²) in [6.45, 7) is 4.35. The van der Waals surface area contributed by atoms with E-state index in [-0.39, 0.29) is 0 Å². The SMILES string of the molecule is CC1CCCCN1CC(O)COc1ccccc1-c1ccccc1. The number of rotatable bonds is 6. The molecule has 2 unspecified atom stereocenters. The van der Waals surface area contributed by atoms with Gasteiger partial charge in [0.15, 0.2) is 0 Å². The third-order valence-corrected chi connectivity index (χ3v) is 4.79. The zero-order valence-electron chi connectivity index (χ0n) is 14.4. The largest absolute Gasteiger partial charge is 0.490 e. The van der Waals surface area contributed by atoms with E-state index in [9.17, 15) is 5.11 Å². The second kappa shape index (κ2) is 8.32. The average molecular weight is 325 g/mol. The van der Waals surface area contributed by atoms with Crippen LogP contribution in [-0.4, -0.2) is 41.8 Å². The van der Waals surface area contributed by atoms with E-state index < -0.39 is 6.10 Å². The molecule has 1 aliphatic rings. The predicted octanol–water partition coefficient (Wildman–Crippen LogP) is 3.97. The van der Waals surface area contributed by atoms with Crippen molar-refractivity contribution in [3.05, 3.63) is 54.6 Å². The molecule has 0 saturated carbocycles. The molecule has 1 heterocycles. The minimum absolute atomic E-state index is 0.326. The Morgan fingerprint density at radius 2 is 1.83 bits per heavy atom. The van der Waals surface area contributed by atoms with Gasteiger partial charge in [-0.25, -0.2) is 0 Å². The molecule has 3 rings (SSSR count). The minimum atomic E-state index is -0.464. The highest BCUT2D eigenvalue weighted by Crippen LogP contribution is 2.29. The number of aliphatic hydroxyl groups is 1. The van der Waals surface area contributed by atoms with Gasteiger partial charge in [-0.15, -0.1) is 0 Å². The van der Waals surface area contributed by atoms with Crippen LogP contribution in [0.25, 0.3) is 11.1 Å². The maximum atomic E-state index is 10.4. The van der Waals surface area contributed by atoms with Crippen LogP contribution in [0.3, 0.4) is 0 Å². The number of nitrogens with zero attached hydrogens (tertiary/aromatic N) is 1. The molecule has 3 nitrogen and oxygen atoms in total. The first-order valence-electron chi connectivity index (χ1n) is 8.93. The highest BCUT2D eigenvalue weighted by atomic mass is 16.5. The highest BCUT2D eigenvalue weighted by Gasteiger charge is 2.21. The van der Waals surface area contributed by atoms with Gasteiger partial charge in [0.25, 0.3) is 0 Å². The monoisotopic (exact) mass is 325 g/mol. The summed E-state index contributed by atoms with van der Waals surface area (Å²) in [5, 5.41) is 10.4. The molecule has 0 aromatic heterocycles. The summed E-state index contributed by atoms with van der Waals surface area (Å²) >= 11 is 0. The molecule has 0 spiro atoms. The van der Waals surface area contributed by atoms with Crippen LogP contribution in [0.15, 0.2) is 54.6 Å². The van der Waals surface area contributed by atoms with Crippen molar-refractivity contribution in [2.24, 2.45) is 0 Å². The van der Waals surface area contributed by atoms with Crippen molar-refractivity contribution >= 4 is 0 Å². The molecule has 1 N–H and O–H groups in total. The molecule has 3 heteroatoms. The maximum Gasteiger partial charge on any atom is 0.127 e. The fourth-order valence-electron chi connectivity index (χ4n) is 3.39. The van der Waals surface area contributed by atoms with Gasteiger partial charge in [0.1, 0.15) is 18.5 Å². The van der Waals surface area contributed by atoms with Gasteiger partial charge in [0.05, 0.1) is 0 Å². The van der Waals surface area contributed by atoms with E-state index in [1.165, 1.54) is 19.3 Å². The molecule has 2 aromatic carbocycles. The standard InChI is InChI=1S/C21H27NO2/c1-17-9-7-8-14-22(17)15-19(23)16-24-21-13-6-5-12-20(21)18-10-3-2-4-11-18/h2-6,10-13,17,19,23H,7-9,14-16H2,1H3.